The molecule has 0 aliphatic carbocycles. The van der Waals surface area contributed by atoms with Gasteiger partial charge in [0.2, 0.25) is 0 Å². The van der Waals surface area contributed by atoms with Crippen LogP contribution in [-0.2, 0) is 14.2 Å². The molecule has 2 rings (SSSR count). The van der Waals surface area contributed by atoms with Crippen LogP contribution in [0.25, 0.3) is 0 Å². The number of ether oxygens (including phenoxy) is 3. The van der Waals surface area contributed by atoms with Crippen molar-refractivity contribution in [3.05, 3.63) is 0 Å². The van der Waals surface area contributed by atoms with Gasteiger partial charge in [0.05, 0.1) is 13.2 Å². The summed E-state index contributed by atoms with van der Waals surface area (Å²) in [6, 6.07) is 0. The fourth-order valence-corrected chi connectivity index (χ4v) is 2.57. The summed E-state index contributed by atoms with van der Waals surface area (Å²) in [5.74, 6) is 0. The van der Waals surface area contributed by atoms with Crippen LogP contribution >= 0.6 is 0 Å². The van der Waals surface area contributed by atoms with Crippen LogP contribution in [0, 0.1) is 0 Å². The Morgan fingerprint density at radius 3 is 1.79 bits per heavy atom. The van der Waals surface area contributed by atoms with E-state index < -0.39 is 74.6 Å². The van der Waals surface area contributed by atoms with E-state index in [-0.39, 0.29) is 5.48 Å². The third-order valence-electron chi connectivity index (χ3n) is 3.98. The van der Waals surface area contributed by atoms with Gasteiger partial charge in [-0.2, -0.15) is 0 Å². The van der Waals surface area contributed by atoms with Gasteiger partial charge in [-0.1, -0.05) is 0 Å². The van der Waals surface area contributed by atoms with Crippen molar-refractivity contribution in [1.29, 1.82) is 0 Å². The second-order valence-corrected chi connectivity index (χ2v) is 5.53. The van der Waals surface area contributed by atoms with E-state index in [4.69, 9.17) is 19.3 Å². The fourth-order valence-electron chi connectivity index (χ4n) is 2.57. The number of hydrogen-bond acceptors (Lipinski definition) is 11. The molecule has 6 unspecified atom stereocenters. The molecular formula is C12H24O12. The fraction of sp³-hybridized carbons (Fsp3) is 1.00. The van der Waals surface area contributed by atoms with Gasteiger partial charge in [-0.05, 0) is 0 Å². The van der Waals surface area contributed by atoms with Gasteiger partial charge in [0.15, 0.2) is 12.6 Å². The van der Waals surface area contributed by atoms with Crippen LogP contribution in [-0.4, -0.2) is 121 Å². The predicted octanol–water partition coefficient (Wildman–Crippen LogP) is -6.22. The minimum Gasteiger partial charge on any atom is -0.412 e. The van der Waals surface area contributed by atoms with Crippen LogP contribution in [0.2, 0.25) is 0 Å². The Kier molecular flexibility index (Phi) is 7.86. The summed E-state index contributed by atoms with van der Waals surface area (Å²) in [6.45, 7) is -1.35. The van der Waals surface area contributed by atoms with E-state index in [1.54, 1.807) is 0 Å². The molecule has 0 spiro atoms. The third kappa shape index (κ3) is 4.01. The zero-order chi connectivity index (χ0) is 17.3. The molecule has 0 aromatic rings. The zero-order valence-electron chi connectivity index (χ0n) is 12.5. The van der Waals surface area contributed by atoms with E-state index in [2.05, 4.69) is 0 Å². The number of aliphatic hydroxyl groups excluding tert-OH is 8. The van der Waals surface area contributed by atoms with E-state index in [0.717, 1.165) is 0 Å². The Labute approximate surface area is 136 Å². The summed E-state index contributed by atoms with van der Waals surface area (Å²) < 4.78 is 15.3. The summed E-state index contributed by atoms with van der Waals surface area (Å²) in [7, 11) is 0. The van der Waals surface area contributed by atoms with Gasteiger partial charge in [-0.25, -0.2) is 0 Å². The summed E-state index contributed by atoms with van der Waals surface area (Å²) in [5.41, 5.74) is 0. The van der Waals surface area contributed by atoms with Gasteiger partial charge in [0, 0.05) is 0 Å². The van der Waals surface area contributed by atoms with Crippen LogP contribution in [0.15, 0.2) is 0 Å². The molecule has 0 bridgehead atoms. The highest BCUT2D eigenvalue weighted by Gasteiger charge is 2.50. The SMILES string of the molecule is O.OCC1O[C@H](O[C@H]2C(CO)O[C@@H](O)C(O)C2O)C(O)C(O)[C@@H]1O. The van der Waals surface area contributed by atoms with Crippen molar-refractivity contribution in [2.45, 2.75) is 61.4 Å². The maximum absolute atomic E-state index is 9.94. The summed E-state index contributed by atoms with van der Waals surface area (Å²) in [5, 5.41) is 76.5. The molecular weight excluding hydrogens is 336 g/mol. The maximum atomic E-state index is 9.94. The third-order valence-corrected chi connectivity index (χ3v) is 3.98. The summed E-state index contributed by atoms with van der Waals surface area (Å²) >= 11 is 0. The molecule has 0 saturated carbocycles. The molecule has 2 fully saturated rings. The molecule has 0 aromatic carbocycles. The van der Waals surface area contributed by atoms with E-state index in [1.165, 1.54) is 0 Å². The van der Waals surface area contributed by atoms with Crippen LogP contribution in [0.3, 0.4) is 0 Å². The molecule has 12 nitrogen and oxygen atoms in total. The van der Waals surface area contributed by atoms with Crippen molar-refractivity contribution in [2.24, 2.45) is 0 Å². The Hall–Kier alpha value is -0.480. The molecule has 144 valence electrons. The van der Waals surface area contributed by atoms with Crippen LogP contribution < -0.4 is 0 Å². The van der Waals surface area contributed by atoms with E-state index in [9.17, 15) is 35.7 Å². The first-order valence-electron chi connectivity index (χ1n) is 7.08. The smallest absolute Gasteiger partial charge is 0.187 e. The zero-order valence-corrected chi connectivity index (χ0v) is 12.5. The molecule has 0 amide bonds. The Morgan fingerprint density at radius 1 is 0.667 bits per heavy atom. The van der Waals surface area contributed by atoms with Gasteiger partial charge in [-0.3, -0.25) is 0 Å². The first-order chi connectivity index (χ1) is 10.8. The second-order valence-electron chi connectivity index (χ2n) is 5.53. The minimum atomic E-state index is -1.74. The lowest BCUT2D eigenvalue weighted by Crippen LogP contribution is -2.64. The Morgan fingerprint density at radius 2 is 1.25 bits per heavy atom. The van der Waals surface area contributed by atoms with Crippen molar-refractivity contribution < 1.29 is 60.5 Å². The van der Waals surface area contributed by atoms with Crippen LogP contribution in [0.4, 0.5) is 0 Å². The average molecular weight is 360 g/mol. The van der Waals surface area contributed by atoms with Crippen molar-refractivity contribution in [3.8, 4) is 0 Å². The Balaban J connectivity index is 0.00000288. The van der Waals surface area contributed by atoms with Crippen molar-refractivity contribution in [1.82, 2.24) is 0 Å². The monoisotopic (exact) mass is 360 g/mol. The first-order valence-corrected chi connectivity index (χ1v) is 7.08. The van der Waals surface area contributed by atoms with Gasteiger partial charge < -0.3 is 60.5 Å². The van der Waals surface area contributed by atoms with E-state index in [0.29, 0.717) is 0 Å². The highest BCUT2D eigenvalue weighted by molar-refractivity contribution is 4.93. The molecule has 10 N–H and O–H groups in total. The van der Waals surface area contributed by atoms with E-state index in [1.807, 2.05) is 0 Å². The summed E-state index contributed by atoms with van der Waals surface area (Å²) in [6.07, 6.45) is -15.6. The lowest BCUT2D eigenvalue weighted by Gasteiger charge is -2.45. The molecule has 12 heteroatoms. The standard InChI is InChI=1S/C12H22O11.H2O/c13-1-3-5(15)6(16)9(19)12(22-3)23-10-4(2-14)21-11(20)8(18)7(10)17;/h3-20H,1-2H2;1H2/t3?,4?,5-,6?,7?,8?,9?,10+,11-,12-;/m1./s1. The van der Waals surface area contributed by atoms with Gasteiger partial charge in [-0.15, -0.1) is 0 Å². The maximum Gasteiger partial charge on any atom is 0.187 e. The quantitative estimate of drug-likeness (QED) is 0.235. The van der Waals surface area contributed by atoms with Crippen LogP contribution in [0.1, 0.15) is 0 Å². The van der Waals surface area contributed by atoms with Gasteiger partial charge in [0.1, 0.15) is 48.8 Å². The lowest BCUT2D eigenvalue weighted by molar-refractivity contribution is -0.355. The number of aliphatic hydroxyl groups is 8. The van der Waals surface area contributed by atoms with Crippen molar-refractivity contribution >= 4 is 0 Å². The largest absolute Gasteiger partial charge is 0.412 e. The molecule has 24 heavy (non-hydrogen) atoms. The predicted molar refractivity (Wildman–Crippen MR) is 72.2 cm³/mol. The molecule has 2 saturated heterocycles. The van der Waals surface area contributed by atoms with Crippen molar-refractivity contribution in [3.63, 3.8) is 0 Å². The highest BCUT2D eigenvalue weighted by atomic mass is 16.7. The summed E-state index contributed by atoms with van der Waals surface area (Å²) in [4.78, 5) is 0. The Bertz CT molecular complexity index is 379. The number of hydrogen-bond donors (Lipinski definition) is 8. The molecule has 2 aliphatic rings. The molecule has 2 aliphatic heterocycles. The molecule has 2 heterocycles. The van der Waals surface area contributed by atoms with Gasteiger partial charge >= 0.3 is 0 Å². The van der Waals surface area contributed by atoms with Crippen molar-refractivity contribution in [2.75, 3.05) is 13.2 Å². The topological polar surface area (TPSA) is 221 Å². The lowest BCUT2D eigenvalue weighted by atomic mass is 9.97. The first kappa shape index (κ1) is 21.6. The molecule has 10 atom stereocenters. The molecule has 0 radical (unpaired) electrons. The second kappa shape index (κ2) is 8.75. The normalized spacial score (nSPS) is 49.5. The molecule has 0 aromatic heterocycles. The van der Waals surface area contributed by atoms with Gasteiger partial charge in [0.25, 0.3) is 0 Å². The van der Waals surface area contributed by atoms with Crippen LogP contribution in [0.5, 0.6) is 0 Å². The van der Waals surface area contributed by atoms with E-state index >= 15 is 0 Å². The minimum absolute atomic E-state index is 0. The highest BCUT2D eigenvalue weighted by Crippen LogP contribution is 2.28. The average Bonchev–Trinajstić information content (AvgIpc) is 2.55. The number of rotatable bonds is 4.